The second kappa shape index (κ2) is 58.4. The highest BCUT2D eigenvalue weighted by Crippen LogP contribution is 1.42. The van der Waals surface area contributed by atoms with E-state index in [1.54, 1.807) is 0 Å². The predicted octanol–water partition coefficient (Wildman–Crippen LogP) is -16.1. The fourth-order valence-electron chi connectivity index (χ4n) is 0. The summed E-state index contributed by atoms with van der Waals surface area (Å²) in [5.74, 6) is 0. The molecule has 0 fully saturated rings. The lowest BCUT2D eigenvalue weighted by Gasteiger charge is -1.69. The molecule has 26 nitrogen and oxygen atoms in total. The molecule has 0 aliphatic heterocycles. The van der Waals surface area contributed by atoms with Crippen molar-refractivity contribution in [3.63, 3.8) is 0 Å². The summed E-state index contributed by atoms with van der Waals surface area (Å²) in [6, 6.07) is 0. The zero-order valence-corrected chi connectivity index (χ0v) is 16.8. The summed E-state index contributed by atoms with van der Waals surface area (Å²) >= 11 is 0. The maximum absolute atomic E-state index is 7.17. The van der Waals surface area contributed by atoms with Gasteiger partial charge in [-0.15, -0.1) is 0 Å². The molecule has 34 heteroatoms. The Bertz CT molecular complexity index is 147. The molecule has 0 aromatic carbocycles. The van der Waals surface area contributed by atoms with Gasteiger partial charge in [-0.05, 0) is 0 Å². The minimum atomic E-state index is -2.17. The number of hydrogen-bond donors (Lipinski definition) is 26. The third-order valence-electron chi connectivity index (χ3n) is 0. The Morgan fingerprint density at radius 1 is 0.147 bits per heavy atom. The molecule has 0 radical (unpaired) electrons. The molecule has 0 heterocycles. The van der Waals surface area contributed by atoms with E-state index in [-0.39, 0.29) is 12.3 Å². The Morgan fingerprint density at radius 2 is 0.147 bits per heavy atom. The molecule has 0 spiro atoms. The molecule has 0 amide bonds. The van der Waals surface area contributed by atoms with E-state index in [0.29, 0.717) is 0 Å². The van der Waals surface area contributed by atoms with Crippen molar-refractivity contribution in [3.8, 4) is 0 Å². The molecule has 34 heavy (non-hydrogen) atoms. The van der Waals surface area contributed by atoms with Gasteiger partial charge in [0.05, 0.1) is 0 Å². The molecule has 0 aliphatic rings. The van der Waals surface area contributed by atoms with Gasteiger partial charge in [-0.1, -0.05) is 0 Å². The molecule has 0 saturated carbocycles. The molecule has 30 N–H and O–H groups in total. The molecule has 0 atom stereocenters. The van der Waals surface area contributed by atoms with Crippen LogP contribution in [0.5, 0.6) is 0 Å². The van der Waals surface area contributed by atoms with E-state index in [9.17, 15) is 0 Å². The highest BCUT2D eigenvalue weighted by atomic mass is 16.6. The molecule has 0 aliphatic carbocycles. The smallest absolute Gasteiger partial charge is 0.402 e. The molecule has 0 saturated heterocycles. The highest BCUT2D eigenvalue weighted by molar-refractivity contribution is 6.32. The van der Waals surface area contributed by atoms with Crippen molar-refractivity contribution in [2.75, 3.05) is 0 Å². The topological polar surface area (TPSA) is 556 Å². The zero-order valence-electron chi connectivity index (χ0n) is 16.8. The molecule has 0 rings (SSSR count). The second-order valence-electron chi connectivity index (χ2n) is 2.77. The lowest BCUT2D eigenvalue weighted by Crippen LogP contribution is -2.07. The predicted molar refractivity (Wildman–Crippen MR) is 109 cm³/mol. The summed E-state index contributed by atoms with van der Waals surface area (Å²) < 4.78 is 0. The first-order valence-corrected chi connectivity index (χ1v) is 6.20. The molecular formula is H30B8N2O24. The Hall–Kier alpha value is -0.521. The van der Waals surface area contributed by atoms with E-state index in [1.165, 1.54) is 0 Å². The maximum atomic E-state index is 7.17. The molecule has 0 aromatic rings. The van der Waals surface area contributed by atoms with E-state index in [4.69, 9.17) is 121 Å². The fourth-order valence-corrected chi connectivity index (χ4v) is 0. The average molecular weight is 529 g/mol. The third kappa shape index (κ3) is 108000. The Morgan fingerprint density at radius 3 is 0.147 bits per heavy atom. The van der Waals surface area contributed by atoms with Crippen LogP contribution in [0.2, 0.25) is 0 Å². The molecule has 208 valence electrons. The van der Waals surface area contributed by atoms with Gasteiger partial charge in [0.1, 0.15) is 0 Å². The largest absolute Gasteiger partial charge is 0.631 e. The van der Waals surface area contributed by atoms with Gasteiger partial charge in [-0.25, -0.2) is 0 Å². The summed E-state index contributed by atoms with van der Waals surface area (Å²) in [6.45, 7) is 0. The fraction of sp³-hybridized carbons (Fsp3) is 0. The summed E-state index contributed by atoms with van der Waals surface area (Å²) in [5, 5.41) is 172. The number of hydrogen-bond acceptors (Lipinski definition) is 26. The van der Waals surface area contributed by atoms with Crippen LogP contribution in [0.4, 0.5) is 0 Å². The van der Waals surface area contributed by atoms with Gasteiger partial charge >= 0.3 is 58.6 Å². The van der Waals surface area contributed by atoms with Gasteiger partial charge in [0.25, 0.3) is 0 Å². The van der Waals surface area contributed by atoms with E-state index in [1.807, 2.05) is 0 Å². The van der Waals surface area contributed by atoms with E-state index >= 15 is 0 Å². The van der Waals surface area contributed by atoms with Crippen LogP contribution in [0.1, 0.15) is 0 Å². The summed E-state index contributed by atoms with van der Waals surface area (Å²) in [4.78, 5) is 0. The van der Waals surface area contributed by atoms with Gasteiger partial charge in [0.2, 0.25) is 0 Å². The minimum Gasteiger partial charge on any atom is -0.402 e. The summed E-state index contributed by atoms with van der Waals surface area (Å²) in [7, 11) is -17.3. The zero-order chi connectivity index (χ0) is 28.6. The highest BCUT2D eigenvalue weighted by Gasteiger charge is 1.95. The van der Waals surface area contributed by atoms with Gasteiger partial charge in [0, 0.05) is 0 Å². The van der Waals surface area contributed by atoms with Crippen LogP contribution in [0.25, 0.3) is 0 Å². The van der Waals surface area contributed by atoms with Crippen molar-refractivity contribution in [1.82, 2.24) is 12.3 Å². The van der Waals surface area contributed by atoms with Crippen LogP contribution in [-0.4, -0.2) is 179 Å². The van der Waals surface area contributed by atoms with Crippen LogP contribution in [-0.2, 0) is 0 Å². The Balaban J connectivity index is -0.0000000240. The van der Waals surface area contributed by atoms with Crippen molar-refractivity contribution >= 4 is 58.6 Å². The molecular weight excluding hydrogens is 498 g/mol. The quantitative estimate of drug-likeness (QED) is 0.130. The second-order valence-corrected chi connectivity index (χ2v) is 2.77. The van der Waals surface area contributed by atoms with Crippen LogP contribution >= 0.6 is 0 Å². The van der Waals surface area contributed by atoms with Crippen molar-refractivity contribution < 1.29 is 121 Å². The first-order valence-electron chi connectivity index (χ1n) is 6.20. The van der Waals surface area contributed by atoms with Crippen molar-refractivity contribution in [1.29, 1.82) is 0 Å². The SMILES string of the molecule is N.N.OB(O)O.OB(O)O.OB(O)O.OB(O)O.OB(O)O.OB(O)O.OB(O)O.OB(O)O. The van der Waals surface area contributed by atoms with Gasteiger partial charge in [-0.3, -0.25) is 0 Å². The molecule has 0 unspecified atom stereocenters. The average Bonchev–Trinajstić information content (AvgIpc) is 2.30. The third-order valence-corrected chi connectivity index (χ3v) is 0. The maximum Gasteiger partial charge on any atom is 0.631 e. The van der Waals surface area contributed by atoms with Crippen LogP contribution in [0.3, 0.4) is 0 Å². The van der Waals surface area contributed by atoms with Gasteiger partial charge < -0.3 is 133 Å². The summed E-state index contributed by atoms with van der Waals surface area (Å²) in [6.07, 6.45) is 0. The van der Waals surface area contributed by atoms with Gasteiger partial charge in [-0.2, -0.15) is 0 Å². The Kier molecular flexibility index (Phi) is 110. The Labute approximate surface area is 192 Å². The van der Waals surface area contributed by atoms with E-state index in [0.717, 1.165) is 0 Å². The molecule has 0 aromatic heterocycles. The van der Waals surface area contributed by atoms with Crippen LogP contribution in [0.15, 0.2) is 0 Å². The van der Waals surface area contributed by atoms with Crippen molar-refractivity contribution in [3.05, 3.63) is 0 Å². The number of rotatable bonds is 0. The first-order chi connectivity index (χ1) is 13.9. The lowest BCUT2D eigenvalue weighted by molar-refractivity contribution is 0.276. The summed E-state index contributed by atoms with van der Waals surface area (Å²) in [5.41, 5.74) is 0. The van der Waals surface area contributed by atoms with Crippen molar-refractivity contribution in [2.45, 2.75) is 0 Å². The van der Waals surface area contributed by atoms with E-state index in [2.05, 4.69) is 0 Å². The minimum absolute atomic E-state index is 0. The monoisotopic (exact) mass is 530 g/mol. The molecule has 0 bridgehead atoms. The van der Waals surface area contributed by atoms with E-state index < -0.39 is 58.6 Å². The van der Waals surface area contributed by atoms with Crippen LogP contribution < -0.4 is 12.3 Å². The lowest BCUT2D eigenvalue weighted by atomic mass is 10.3. The van der Waals surface area contributed by atoms with Crippen LogP contribution in [0, 0.1) is 0 Å². The normalized spacial score (nSPS) is 6.35. The van der Waals surface area contributed by atoms with Crippen molar-refractivity contribution in [2.24, 2.45) is 0 Å². The first kappa shape index (κ1) is 64.1. The van der Waals surface area contributed by atoms with Gasteiger partial charge in [0.15, 0.2) is 0 Å². The standard InChI is InChI=1S/8BH3O3.2H3N/c8*2-1(3)4;;/h8*2-4H;2*1H3.